The Labute approximate surface area is 186 Å². The molecule has 0 aliphatic heterocycles. The van der Waals surface area contributed by atoms with Crippen LogP contribution in [-0.2, 0) is 10.2 Å². The first kappa shape index (κ1) is 19.8. The molecule has 30 heavy (non-hydrogen) atoms. The average Bonchev–Trinajstić information content (AvgIpc) is 3.06. The maximum atomic E-state index is 13.9. The minimum atomic E-state index is -0.726. The number of benzene rings is 2. The molecule has 2 aromatic carbocycles. The van der Waals surface area contributed by atoms with E-state index in [2.05, 4.69) is 32.2 Å². The Morgan fingerprint density at radius 3 is 2.47 bits per heavy atom. The number of carbonyl (C=O) groups is 1. The van der Waals surface area contributed by atoms with E-state index in [0.717, 1.165) is 46.6 Å². The van der Waals surface area contributed by atoms with Gasteiger partial charge in [0.2, 0.25) is 5.91 Å². The van der Waals surface area contributed by atoms with Gasteiger partial charge >= 0.3 is 0 Å². The van der Waals surface area contributed by atoms with Crippen molar-refractivity contribution >= 4 is 45.8 Å². The summed E-state index contributed by atoms with van der Waals surface area (Å²) in [5.41, 5.74) is 5.17. The Balaban J connectivity index is 1.68. The van der Waals surface area contributed by atoms with Crippen LogP contribution >= 0.6 is 23.2 Å². The quantitative estimate of drug-likeness (QED) is 0.506. The summed E-state index contributed by atoms with van der Waals surface area (Å²) < 4.78 is 0. The zero-order chi connectivity index (χ0) is 21.4. The highest BCUT2D eigenvalue weighted by Gasteiger charge is 2.67. The average molecular weight is 440 g/mol. The molecular formula is C24H23Cl2N3O. The molecule has 1 N–H and O–H groups in total. The summed E-state index contributed by atoms with van der Waals surface area (Å²) in [6, 6.07) is 9.48. The van der Waals surface area contributed by atoms with Crippen molar-refractivity contribution in [3.05, 3.63) is 62.9 Å². The summed E-state index contributed by atoms with van der Waals surface area (Å²) in [5, 5.41) is 4.12. The van der Waals surface area contributed by atoms with Crippen LogP contribution in [0.15, 0.2) is 30.3 Å². The molecule has 4 nitrogen and oxygen atoms in total. The van der Waals surface area contributed by atoms with Crippen LogP contribution in [0.5, 0.6) is 0 Å². The van der Waals surface area contributed by atoms with Crippen molar-refractivity contribution in [2.45, 2.75) is 51.9 Å². The van der Waals surface area contributed by atoms with Crippen LogP contribution in [0, 0.1) is 19.3 Å². The Morgan fingerprint density at radius 1 is 1.10 bits per heavy atom. The summed E-state index contributed by atoms with van der Waals surface area (Å²) >= 11 is 12.4. The number of amides is 1. The number of aromatic nitrogens is 2. The highest BCUT2D eigenvalue weighted by atomic mass is 35.5. The molecule has 1 aromatic heterocycles. The molecule has 2 aliphatic carbocycles. The summed E-state index contributed by atoms with van der Waals surface area (Å²) in [6.07, 6.45) is 1.68. The van der Waals surface area contributed by atoms with Crippen molar-refractivity contribution in [2.75, 3.05) is 5.32 Å². The molecule has 1 amide bonds. The molecule has 0 spiro atoms. The van der Waals surface area contributed by atoms with Gasteiger partial charge in [0.1, 0.15) is 0 Å². The van der Waals surface area contributed by atoms with Crippen LogP contribution in [0.2, 0.25) is 10.0 Å². The monoisotopic (exact) mass is 439 g/mol. The molecule has 6 heteroatoms. The molecule has 0 saturated heterocycles. The van der Waals surface area contributed by atoms with Gasteiger partial charge in [0.15, 0.2) is 0 Å². The maximum absolute atomic E-state index is 13.9. The van der Waals surface area contributed by atoms with Crippen LogP contribution in [0.1, 0.15) is 55.1 Å². The van der Waals surface area contributed by atoms with Gasteiger partial charge in [-0.25, -0.2) is 9.97 Å². The van der Waals surface area contributed by atoms with Crippen molar-refractivity contribution in [1.29, 1.82) is 0 Å². The third-order valence-electron chi connectivity index (χ3n) is 7.49. The van der Waals surface area contributed by atoms with Gasteiger partial charge in [0.25, 0.3) is 0 Å². The zero-order valence-corrected chi connectivity index (χ0v) is 18.9. The van der Waals surface area contributed by atoms with E-state index in [1.165, 1.54) is 0 Å². The SMILES string of the molecule is Cc1cccc(NC(=O)C23CCC(c4nc5cc(Cl)c(Cl)cc5nc42)C3(C)C)c1C. The summed E-state index contributed by atoms with van der Waals surface area (Å²) in [4.78, 5) is 23.7. The van der Waals surface area contributed by atoms with E-state index >= 15 is 0 Å². The number of hydrogen-bond acceptors (Lipinski definition) is 3. The van der Waals surface area contributed by atoms with Gasteiger partial charge in [-0.2, -0.15) is 0 Å². The molecule has 2 atom stereocenters. The van der Waals surface area contributed by atoms with Crippen LogP contribution in [0.3, 0.4) is 0 Å². The molecule has 5 rings (SSSR count). The molecular weight excluding hydrogens is 417 g/mol. The van der Waals surface area contributed by atoms with Gasteiger partial charge in [-0.05, 0) is 61.4 Å². The molecule has 0 radical (unpaired) electrons. The fourth-order valence-corrected chi connectivity index (χ4v) is 5.81. The lowest BCUT2D eigenvalue weighted by molar-refractivity contribution is -0.124. The number of fused-ring (bicyclic) bond motifs is 6. The molecule has 3 aromatic rings. The molecule has 1 saturated carbocycles. The smallest absolute Gasteiger partial charge is 0.237 e. The molecule has 154 valence electrons. The number of halogens is 2. The van der Waals surface area contributed by atoms with Gasteiger partial charge in [0.05, 0.1) is 37.9 Å². The lowest BCUT2D eigenvalue weighted by atomic mass is 9.67. The van der Waals surface area contributed by atoms with E-state index in [4.69, 9.17) is 33.2 Å². The first-order valence-corrected chi connectivity index (χ1v) is 11.0. The maximum Gasteiger partial charge on any atom is 0.237 e. The van der Waals surface area contributed by atoms with Gasteiger partial charge in [-0.3, -0.25) is 4.79 Å². The largest absolute Gasteiger partial charge is 0.325 e. The predicted octanol–water partition coefficient (Wildman–Crippen LogP) is 6.35. The van der Waals surface area contributed by atoms with Gasteiger partial charge in [-0.15, -0.1) is 0 Å². The van der Waals surface area contributed by atoms with E-state index in [9.17, 15) is 4.79 Å². The Bertz CT molecular complexity index is 1240. The third-order valence-corrected chi connectivity index (χ3v) is 8.21. The number of carbonyl (C=O) groups excluding carboxylic acids is 1. The predicted molar refractivity (Wildman–Crippen MR) is 122 cm³/mol. The Hall–Kier alpha value is -2.17. The summed E-state index contributed by atoms with van der Waals surface area (Å²) in [7, 11) is 0. The highest BCUT2D eigenvalue weighted by Crippen LogP contribution is 2.67. The second-order valence-electron chi connectivity index (χ2n) is 9.13. The second kappa shape index (κ2) is 6.41. The van der Waals surface area contributed by atoms with E-state index < -0.39 is 5.41 Å². The fraction of sp³-hybridized carbons (Fsp3) is 0.375. The normalized spacial score (nSPS) is 23.6. The topological polar surface area (TPSA) is 54.9 Å². The highest BCUT2D eigenvalue weighted by molar-refractivity contribution is 6.42. The Kier molecular flexibility index (Phi) is 4.23. The standard InChI is InChI=1S/C24H23Cl2N3O/c1-12-6-5-7-17(13(12)2)29-22(30)24-9-8-14(23(24,3)4)20-21(24)28-19-11-16(26)15(25)10-18(19)27-20/h5-7,10-11,14H,8-9H2,1-4H3,(H,29,30). The molecule has 2 aliphatic rings. The third kappa shape index (κ3) is 2.44. The minimum absolute atomic E-state index is 0.00356. The van der Waals surface area contributed by atoms with Gasteiger partial charge in [-0.1, -0.05) is 49.2 Å². The Morgan fingerprint density at radius 2 is 1.77 bits per heavy atom. The van der Waals surface area contributed by atoms with Crippen molar-refractivity contribution in [3.63, 3.8) is 0 Å². The van der Waals surface area contributed by atoms with E-state index in [-0.39, 0.29) is 17.2 Å². The molecule has 2 bridgehead atoms. The van der Waals surface area contributed by atoms with Crippen LogP contribution in [0.4, 0.5) is 5.69 Å². The van der Waals surface area contributed by atoms with Crippen LogP contribution in [-0.4, -0.2) is 15.9 Å². The lowest BCUT2D eigenvalue weighted by Gasteiger charge is -2.36. The summed E-state index contributed by atoms with van der Waals surface area (Å²) in [5.74, 6) is 0.180. The number of nitrogens with zero attached hydrogens (tertiary/aromatic N) is 2. The summed E-state index contributed by atoms with van der Waals surface area (Å²) in [6.45, 7) is 8.42. The zero-order valence-electron chi connectivity index (χ0n) is 17.4. The van der Waals surface area contributed by atoms with Gasteiger partial charge < -0.3 is 5.32 Å². The van der Waals surface area contributed by atoms with E-state index in [1.54, 1.807) is 12.1 Å². The number of anilines is 1. The fourth-order valence-electron chi connectivity index (χ4n) is 5.49. The second-order valence-corrected chi connectivity index (χ2v) is 9.95. The van der Waals surface area contributed by atoms with Gasteiger partial charge in [0, 0.05) is 11.6 Å². The first-order valence-electron chi connectivity index (χ1n) is 10.2. The van der Waals surface area contributed by atoms with Crippen LogP contribution < -0.4 is 5.32 Å². The van der Waals surface area contributed by atoms with Crippen molar-refractivity contribution < 1.29 is 4.79 Å². The van der Waals surface area contributed by atoms with Crippen LogP contribution in [0.25, 0.3) is 11.0 Å². The van der Waals surface area contributed by atoms with Crippen molar-refractivity contribution in [3.8, 4) is 0 Å². The molecule has 1 heterocycles. The minimum Gasteiger partial charge on any atom is -0.325 e. The van der Waals surface area contributed by atoms with E-state index in [0.29, 0.717) is 15.6 Å². The first-order chi connectivity index (χ1) is 14.2. The number of aryl methyl sites for hydroxylation is 1. The van der Waals surface area contributed by atoms with Crippen molar-refractivity contribution in [1.82, 2.24) is 9.97 Å². The van der Waals surface area contributed by atoms with Crippen molar-refractivity contribution in [2.24, 2.45) is 5.41 Å². The lowest BCUT2D eigenvalue weighted by Crippen LogP contribution is -2.46. The number of rotatable bonds is 2. The number of hydrogen-bond donors (Lipinski definition) is 1. The number of nitrogens with one attached hydrogen (secondary N) is 1. The molecule has 2 unspecified atom stereocenters. The molecule has 1 fully saturated rings. The van der Waals surface area contributed by atoms with E-state index in [1.807, 2.05) is 19.1 Å².